The van der Waals surface area contributed by atoms with Crippen LogP contribution in [-0.4, -0.2) is 10.9 Å². The van der Waals surface area contributed by atoms with Crippen LogP contribution in [0, 0.1) is 13.8 Å². The minimum absolute atomic E-state index is 0.227. The molecule has 0 aliphatic heterocycles. The molecule has 0 saturated heterocycles. The summed E-state index contributed by atoms with van der Waals surface area (Å²) in [5.74, 6) is -0.227. The largest absolute Gasteiger partial charge is 0.320 e. The molecule has 3 nitrogen and oxygen atoms in total. The van der Waals surface area contributed by atoms with E-state index in [2.05, 4.69) is 10.3 Å². The minimum atomic E-state index is -0.227. The zero-order valence-electron chi connectivity index (χ0n) is 13.5. The Morgan fingerprint density at radius 1 is 0.958 bits per heavy atom. The highest BCUT2D eigenvalue weighted by molar-refractivity contribution is 6.34. The number of amides is 1. The quantitative estimate of drug-likeness (QED) is 0.707. The summed E-state index contributed by atoms with van der Waals surface area (Å²) >= 11 is 6.15. The van der Waals surface area contributed by atoms with Gasteiger partial charge in [0.2, 0.25) is 0 Å². The number of anilines is 1. The molecule has 3 rings (SSSR count). The van der Waals surface area contributed by atoms with E-state index in [4.69, 9.17) is 11.6 Å². The van der Waals surface area contributed by atoms with Gasteiger partial charge in [-0.05, 0) is 43.2 Å². The Kier molecular flexibility index (Phi) is 4.63. The molecule has 0 bridgehead atoms. The number of nitrogens with one attached hydrogen (secondary N) is 1. The first-order chi connectivity index (χ1) is 11.6. The van der Waals surface area contributed by atoms with Gasteiger partial charge in [0.15, 0.2) is 0 Å². The van der Waals surface area contributed by atoms with Crippen LogP contribution in [0.5, 0.6) is 0 Å². The van der Waals surface area contributed by atoms with Gasteiger partial charge in [0, 0.05) is 11.8 Å². The van der Waals surface area contributed by atoms with Gasteiger partial charge in [-0.2, -0.15) is 0 Å². The van der Waals surface area contributed by atoms with E-state index in [-0.39, 0.29) is 5.91 Å². The first-order valence-corrected chi connectivity index (χ1v) is 8.02. The van der Waals surface area contributed by atoms with Gasteiger partial charge in [-0.3, -0.25) is 9.78 Å². The molecule has 1 amide bonds. The first kappa shape index (κ1) is 16.2. The Morgan fingerprint density at radius 3 is 2.38 bits per heavy atom. The van der Waals surface area contributed by atoms with Crippen LogP contribution in [-0.2, 0) is 0 Å². The lowest BCUT2D eigenvalue weighted by Crippen LogP contribution is -2.13. The standard InChI is InChI=1S/C20H17ClN2O/c1-13-6-3-4-8-16(13)18-11-10-15(12-22-18)20(24)23-19-14(2)7-5-9-17(19)21/h3-12H,1-2H3,(H,23,24). The van der Waals surface area contributed by atoms with E-state index in [9.17, 15) is 4.79 Å². The monoisotopic (exact) mass is 336 g/mol. The number of hydrogen-bond donors (Lipinski definition) is 1. The van der Waals surface area contributed by atoms with E-state index in [1.54, 1.807) is 18.3 Å². The third-order valence-electron chi connectivity index (χ3n) is 3.91. The van der Waals surface area contributed by atoms with Crippen LogP contribution in [0.2, 0.25) is 5.02 Å². The predicted molar refractivity (Wildman–Crippen MR) is 98.6 cm³/mol. The predicted octanol–water partition coefficient (Wildman–Crippen LogP) is 5.27. The van der Waals surface area contributed by atoms with Gasteiger partial charge in [0.25, 0.3) is 5.91 Å². The third-order valence-corrected chi connectivity index (χ3v) is 4.22. The number of nitrogens with zero attached hydrogens (tertiary/aromatic N) is 1. The molecule has 0 fully saturated rings. The molecule has 0 aliphatic rings. The molecule has 2 aromatic carbocycles. The van der Waals surface area contributed by atoms with Gasteiger partial charge < -0.3 is 5.32 Å². The molecule has 0 spiro atoms. The molecule has 24 heavy (non-hydrogen) atoms. The second-order valence-electron chi connectivity index (χ2n) is 5.63. The van der Waals surface area contributed by atoms with E-state index in [0.29, 0.717) is 16.3 Å². The number of aromatic nitrogens is 1. The summed E-state index contributed by atoms with van der Waals surface area (Å²) < 4.78 is 0. The van der Waals surface area contributed by atoms with Crippen LogP contribution in [0.1, 0.15) is 21.5 Å². The van der Waals surface area contributed by atoms with Gasteiger partial charge in [-0.15, -0.1) is 0 Å². The molecule has 1 heterocycles. The number of benzene rings is 2. The van der Waals surface area contributed by atoms with Crippen molar-refractivity contribution in [2.45, 2.75) is 13.8 Å². The number of para-hydroxylation sites is 1. The Bertz CT molecular complexity index is 868. The topological polar surface area (TPSA) is 42.0 Å². The van der Waals surface area contributed by atoms with Crippen molar-refractivity contribution < 1.29 is 4.79 Å². The molecule has 120 valence electrons. The van der Waals surface area contributed by atoms with Crippen molar-refractivity contribution in [1.29, 1.82) is 0 Å². The number of halogens is 1. The van der Waals surface area contributed by atoms with Crippen molar-refractivity contribution >= 4 is 23.2 Å². The molecular formula is C20H17ClN2O. The Balaban J connectivity index is 1.83. The fourth-order valence-corrected chi connectivity index (χ4v) is 2.79. The summed E-state index contributed by atoms with van der Waals surface area (Å²) in [5, 5.41) is 3.38. The zero-order valence-corrected chi connectivity index (χ0v) is 14.3. The van der Waals surface area contributed by atoms with E-state index in [1.807, 2.05) is 56.3 Å². The highest BCUT2D eigenvalue weighted by Crippen LogP contribution is 2.26. The molecule has 0 atom stereocenters. The van der Waals surface area contributed by atoms with Gasteiger partial charge in [0.05, 0.1) is 22.0 Å². The van der Waals surface area contributed by atoms with Crippen molar-refractivity contribution in [2.75, 3.05) is 5.32 Å². The van der Waals surface area contributed by atoms with E-state index in [1.165, 1.54) is 0 Å². The molecule has 0 unspecified atom stereocenters. The van der Waals surface area contributed by atoms with Crippen LogP contribution in [0.3, 0.4) is 0 Å². The Labute approximate surface area is 146 Å². The molecule has 1 N–H and O–H groups in total. The molecule has 0 aliphatic carbocycles. The summed E-state index contributed by atoms with van der Waals surface area (Å²) in [6, 6.07) is 17.2. The number of carbonyl (C=O) groups excluding carboxylic acids is 1. The third kappa shape index (κ3) is 3.31. The van der Waals surface area contributed by atoms with Gasteiger partial charge >= 0.3 is 0 Å². The van der Waals surface area contributed by atoms with Crippen LogP contribution in [0.25, 0.3) is 11.3 Å². The Hall–Kier alpha value is -2.65. The van der Waals surface area contributed by atoms with Gasteiger partial charge in [-0.25, -0.2) is 0 Å². The normalized spacial score (nSPS) is 10.5. The molecule has 3 aromatic rings. The summed E-state index contributed by atoms with van der Waals surface area (Å²) in [6.07, 6.45) is 1.59. The lowest BCUT2D eigenvalue weighted by atomic mass is 10.0. The highest BCUT2D eigenvalue weighted by atomic mass is 35.5. The SMILES string of the molecule is Cc1ccccc1-c1ccc(C(=O)Nc2c(C)cccc2Cl)cn1. The van der Waals surface area contributed by atoms with Crippen molar-refractivity contribution in [2.24, 2.45) is 0 Å². The molecule has 0 radical (unpaired) electrons. The number of aryl methyl sites for hydroxylation is 2. The molecule has 4 heteroatoms. The molecular weight excluding hydrogens is 320 g/mol. The highest BCUT2D eigenvalue weighted by Gasteiger charge is 2.11. The van der Waals surface area contributed by atoms with Crippen molar-refractivity contribution in [3.05, 3.63) is 82.5 Å². The number of pyridine rings is 1. The van der Waals surface area contributed by atoms with Crippen molar-refractivity contribution in [1.82, 2.24) is 4.98 Å². The maximum atomic E-state index is 12.4. The van der Waals surface area contributed by atoms with Crippen LogP contribution >= 0.6 is 11.6 Å². The number of hydrogen-bond acceptors (Lipinski definition) is 2. The van der Waals surface area contributed by atoms with Crippen LogP contribution < -0.4 is 5.32 Å². The summed E-state index contributed by atoms with van der Waals surface area (Å²) in [7, 11) is 0. The molecule has 1 aromatic heterocycles. The van der Waals surface area contributed by atoms with Crippen molar-refractivity contribution in [3.63, 3.8) is 0 Å². The van der Waals surface area contributed by atoms with E-state index < -0.39 is 0 Å². The smallest absolute Gasteiger partial charge is 0.257 e. The average Bonchev–Trinajstić information content (AvgIpc) is 2.59. The lowest BCUT2D eigenvalue weighted by Gasteiger charge is -2.10. The Morgan fingerprint density at radius 2 is 1.71 bits per heavy atom. The van der Waals surface area contributed by atoms with E-state index in [0.717, 1.165) is 22.4 Å². The van der Waals surface area contributed by atoms with Crippen LogP contribution in [0.15, 0.2) is 60.8 Å². The summed E-state index contributed by atoms with van der Waals surface area (Å²) in [4.78, 5) is 16.8. The maximum absolute atomic E-state index is 12.4. The van der Waals surface area contributed by atoms with Crippen LogP contribution in [0.4, 0.5) is 5.69 Å². The lowest BCUT2D eigenvalue weighted by molar-refractivity contribution is 0.102. The molecule has 0 saturated carbocycles. The van der Waals surface area contributed by atoms with Gasteiger partial charge in [-0.1, -0.05) is 48.0 Å². The minimum Gasteiger partial charge on any atom is -0.320 e. The fourth-order valence-electron chi connectivity index (χ4n) is 2.52. The van der Waals surface area contributed by atoms with Crippen molar-refractivity contribution in [3.8, 4) is 11.3 Å². The number of rotatable bonds is 3. The second kappa shape index (κ2) is 6.85. The first-order valence-electron chi connectivity index (χ1n) is 7.65. The number of carbonyl (C=O) groups is 1. The summed E-state index contributed by atoms with van der Waals surface area (Å²) in [5.41, 5.74) is 5.10. The maximum Gasteiger partial charge on any atom is 0.257 e. The fraction of sp³-hybridized carbons (Fsp3) is 0.100. The van der Waals surface area contributed by atoms with Gasteiger partial charge in [0.1, 0.15) is 0 Å². The average molecular weight is 337 g/mol. The summed E-state index contributed by atoms with van der Waals surface area (Å²) in [6.45, 7) is 3.94. The zero-order chi connectivity index (χ0) is 17.1. The second-order valence-corrected chi connectivity index (χ2v) is 6.04. The van der Waals surface area contributed by atoms with E-state index >= 15 is 0 Å².